The molecule has 1 heterocycles. The molecule has 1 rings (SSSR count). The topological polar surface area (TPSA) is 161 Å². The van der Waals surface area contributed by atoms with E-state index in [1.54, 1.807) is 0 Å². The number of esters is 2. The zero-order valence-electron chi connectivity index (χ0n) is 33.8. The van der Waals surface area contributed by atoms with Crippen molar-refractivity contribution in [2.45, 2.75) is 186 Å². The highest BCUT2D eigenvalue weighted by Crippen LogP contribution is 2.43. The molecule has 0 aromatic heterocycles. The molecule has 5 atom stereocenters. The number of phosphoric ester groups is 1. The number of phosphoric acid groups is 1. The molecule has 0 aromatic rings. The van der Waals surface area contributed by atoms with E-state index in [1.807, 2.05) is 6.08 Å². The average Bonchev–Trinajstić information content (AvgIpc) is 3.90. The number of epoxide rings is 1. The minimum atomic E-state index is -4.64. The minimum absolute atomic E-state index is 0.100. The number of allylic oxidation sites excluding steroid dienone is 4. The summed E-state index contributed by atoms with van der Waals surface area (Å²) in [6.45, 7) is 4.57. The van der Waals surface area contributed by atoms with Gasteiger partial charge in [-0.15, -0.1) is 0 Å². The molecule has 0 spiro atoms. The third kappa shape index (κ3) is 31.4. The van der Waals surface area contributed by atoms with Crippen LogP contribution in [0.3, 0.4) is 0 Å². The van der Waals surface area contributed by atoms with E-state index in [4.69, 9.17) is 23.8 Å². The smallest absolute Gasteiger partial charge is 0.462 e. The number of carbonyl (C=O) groups excluding carboxylic acids is 2. The maximum Gasteiger partial charge on any atom is 0.472 e. The molecule has 3 N–H and O–H groups in total. The number of unbranched alkanes of at least 4 members (excludes halogenated alkanes) is 13. The van der Waals surface area contributed by atoms with Crippen LogP contribution in [0.2, 0.25) is 0 Å². The molecule has 1 saturated heterocycles. The summed E-state index contributed by atoms with van der Waals surface area (Å²) in [4.78, 5) is 35.0. The van der Waals surface area contributed by atoms with Gasteiger partial charge in [-0.05, 0) is 57.3 Å². The molecular formula is C42H75O11P. The summed E-state index contributed by atoms with van der Waals surface area (Å²) in [5.74, 6) is -0.213. The fourth-order valence-electron chi connectivity index (χ4n) is 5.74. The van der Waals surface area contributed by atoms with Crippen LogP contribution in [-0.4, -0.2) is 77.9 Å². The van der Waals surface area contributed by atoms with E-state index in [9.17, 15) is 24.2 Å². The van der Waals surface area contributed by atoms with Crippen LogP contribution >= 0.6 is 7.82 Å². The van der Waals surface area contributed by atoms with E-state index < -0.39 is 51.8 Å². The van der Waals surface area contributed by atoms with Crippen LogP contribution < -0.4 is 0 Å². The molecule has 3 unspecified atom stereocenters. The molecule has 12 heteroatoms. The maximum absolute atomic E-state index is 12.6. The van der Waals surface area contributed by atoms with Gasteiger partial charge in [-0.25, -0.2) is 4.57 Å². The van der Waals surface area contributed by atoms with E-state index in [-0.39, 0.29) is 31.7 Å². The Labute approximate surface area is 326 Å². The lowest BCUT2D eigenvalue weighted by Crippen LogP contribution is -2.29. The van der Waals surface area contributed by atoms with E-state index >= 15 is 0 Å². The lowest BCUT2D eigenvalue weighted by molar-refractivity contribution is -0.161. The van der Waals surface area contributed by atoms with Crippen LogP contribution in [0, 0.1) is 5.92 Å². The van der Waals surface area contributed by atoms with Gasteiger partial charge in [0.05, 0.1) is 32.0 Å². The number of ether oxygens (including phenoxy) is 3. The molecule has 0 bridgehead atoms. The third-order valence-electron chi connectivity index (χ3n) is 9.13. The van der Waals surface area contributed by atoms with E-state index in [0.29, 0.717) is 19.3 Å². The largest absolute Gasteiger partial charge is 0.472 e. The SMILES string of the molecule is CCCCC/C=C\C/C=C\CC1OC1C/C=C\CCCC(=O)O[C@H](COC(=O)CCCCCCCCCCCCC(C)C)COP(=O)(O)OC[C@@H](O)CO. The molecule has 0 aliphatic carbocycles. The van der Waals surface area contributed by atoms with Gasteiger partial charge in [-0.1, -0.05) is 134 Å². The minimum Gasteiger partial charge on any atom is -0.462 e. The highest BCUT2D eigenvalue weighted by Gasteiger charge is 2.36. The molecule has 0 amide bonds. The van der Waals surface area contributed by atoms with Crippen molar-refractivity contribution >= 4 is 19.8 Å². The van der Waals surface area contributed by atoms with E-state index in [1.165, 1.54) is 64.2 Å². The number of aliphatic hydroxyl groups excluding tert-OH is 2. The van der Waals surface area contributed by atoms with Crippen molar-refractivity contribution in [3.63, 3.8) is 0 Å². The van der Waals surface area contributed by atoms with Gasteiger partial charge in [0.25, 0.3) is 0 Å². The van der Waals surface area contributed by atoms with Crippen molar-refractivity contribution in [1.29, 1.82) is 0 Å². The number of rotatable bonds is 37. The first kappa shape index (κ1) is 50.2. The summed E-state index contributed by atoms with van der Waals surface area (Å²) in [5, 5.41) is 18.3. The van der Waals surface area contributed by atoms with Crippen molar-refractivity contribution < 1.29 is 52.5 Å². The summed E-state index contributed by atoms with van der Waals surface area (Å²) in [7, 11) is -4.64. The van der Waals surface area contributed by atoms with Crippen LogP contribution in [0.15, 0.2) is 36.5 Å². The first-order valence-corrected chi connectivity index (χ1v) is 22.4. The summed E-state index contributed by atoms with van der Waals surface area (Å²) in [6, 6.07) is 0. The predicted molar refractivity (Wildman–Crippen MR) is 214 cm³/mol. The first-order valence-electron chi connectivity index (χ1n) is 20.9. The standard InChI is InChI=1S/C42H75O11P/c1-4-5-6-7-8-11-15-18-23-28-39-40(53-39)29-24-20-21-26-31-42(46)52-38(35-51-54(47,48)50-33-37(44)32-43)34-49-41(45)30-25-19-16-13-10-9-12-14-17-22-27-36(2)3/h8,11,18,20,23-24,36-40,43-44H,4-7,9-10,12-17,19,21-22,25-35H2,1-3H3,(H,47,48)/b11-8-,23-18-,24-20-/t37-,38+,39?,40?/m0/s1. The molecule has 314 valence electrons. The van der Waals surface area contributed by atoms with Crippen molar-refractivity contribution in [1.82, 2.24) is 0 Å². The number of hydrogen-bond acceptors (Lipinski definition) is 10. The van der Waals surface area contributed by atoms with Crippen LogP contribution in [0.1, 0.15) is 162 Å². The van der Waals surface area contributed by atoms with Gasteiger partial charge in [0.2, 0.25) is 0 Å². The van der Waals surface area contributed by atoms with Gasteiger partial charge in [-0.2, -0.15) is 0 Å². The average molecular weight is 787 g/mol. The normalized spacial score (nSPS) is 18.1. The molecule has 54 heavy (non-hydrogen) atoms. The fraction of sp³-hybridized carbons (Fsp3) is 0.810. The van der Waals surface area contributed by atoms with Gasteiger partial charge in [0.1, 0.15) is 12.7 Å². The molecule has 0 aromatic carbocycles. The monoisotopic (exact) mass is 787 g/mol. The van der Waals surface area contributed by atoms with Crippen LogP contribution in [0.25, 0.3) is 0 Å². The predicted octanol–water partition coefficient (Wildman–Crippen LogP) is 9.62. The van der Waals surface area contributed by atoms with E-state index in [0.717, 1.165) is 50.9 Å². The van der Waals surface area contributed by atoms with Crippen molar-refractivity contribution in [3.8, 4) is 0 Å². The Kier molecular flexibility index (Phi) is 30.9. The summed E-state index contributed by atoms with van der Waals surface area (Å²) < 4.78 is 38.4. The zero-order valence-corrected chi connectivity index (χ0v) is 34.7. The van der Waals surface area contributed by atoms with Crippen LogP contribution in [-0.2, 0) is 37.4 Å². The molecule has 0 radical (unpaired) electrons. The first-order chi connectivity index (χ1) is 26.1. The summed E-state index contributed by atoms with van der Waals surface area (Å²) in [6.07, 6.45) is 32.9. The van der Waals surface area contributed by atoms with Crippen molar-refractivity contribution in [2.75, 3.05) is 26.4 Å². The van der Waals surface area contributed by atoms with Crippen LogP contribution in [0.5, 0.6) is 0 Å². The van der Waals surface area contributed by atoms with Gasteiger partial charge in [0, 0.05) is 12.8 Å². The van der Waals surface area contributed by atoms with Crippen molar-refractivity contribution in [2.24, 2.45) is 5.92 Å². The Morgan fingerprint density at radius 2 is 1.26 bits per heavy atom. The zero-order chi connectivity index (χ0) is 39.7. The summed E-state index contributed by atoms with van der Waals surface area (Å²) in [5.41, 5.74) is 0. The number of aliphatic hydroxyl groups is 2. The quantitative estimate of drug-likeness (QED) is 0.0181. The second kappa shape index (κ2) is 33.3. The van der Waals surface area contributed by atoms with Gasteiger partial charge in [-0.3, -0.25) is 18.6 Å². The Hall–Kier alpha value is -1.85. The third-order valence-corrected chi connectivity index (χ3v) is 10.1. The molecule has 1 aliphatic rings. The molecular weight excluding hydrogens is 711 g/mol. The molecule has 1 aliphatic heterocycles. The highest BCUT2D eigenvalue weighted by atomic mass is 31.2. The Balaban J connectivity index is 2.32. The maximum atomic E-state index is 12.6. The lowest BCUT2D eigenvalue weighted by atomic mass is 10.0. The molecule has 1 fully saturated rings. The van der Waals surface area contributed by atoms with Gasteiger partial charge >= 0.3 is 19.8 Å². The Morgan fingerprint density at radius 3 is 1.91 bits per heavy atom. The second-order valence-corrected chi connectivity index (χ2v) is 16.3. The van der Waals surface area contributed by atoms with Gasteiger partial charge < -0.3 is 29.3 Å². The molecule has 11 nitrogen and oxygen atoms in total. The second-order valence-electron chi connectivity index (χ2n) is 14.9. The lowest BCUT2D eigenvalue weighted by Gasteiger charge is -2.20. The summed E-state index contributed by atoms with van der Waals surface area (Å²) >= 11 is 0. The van der Waals surface area contributed by atoms with Crippen molar-refractivity contribution in [3.05, 3.63) is 36.5 Å². The highest BCUT2D eigenvalue weighted by molar-refractivity contribution is 7.47. The van der Waals surface area contributed by atoms with Crippen LogP contribution in [0.4, 0.5) is 0 Å². The number of hydrogen-bond donors (Lipinski definition) is 3. The number of carbonyl (C=O) groups is 2. The van der Waals surface area contributed by atoms with E-state index in [2.05, 4.69) is 55.7 Å². The molecule has 0 saturated carbocycles. The van der Waals surface area contributed by atoms with Gasteiger partial charge in [0.15, 0.2) is 6.10 Å². The Bertz CT molecular complexity index is 1080. The Morgan fingerprint density at radius 1 is 0.704 bits per heavy atom. The fourth-order valence-corrected chi connectivity index (χ4v) is 6.53.